The fourth-order valence-electron chi connectivity index (χ4n) is 4.83. The van der Waals surface area contributed by atoms with E-state index in [1.807, 2.05) is 31.2 Å². The number of hydrogen-bond donors (Lipinski definition) is 1. The molecule has 0 fully saturated rings. The number of hydrogen-bond acceptors (Lipinski definition) is 6. The molecule has 0 bridgehead atoms. The molecule has 0 saturated heterocycles. The van der Waals surface area contributed by atoms with Gasteiger partial charge in [0.05, 0.1) is 17.1 Å². The molecule has 1 N–H and O–H groups in total. The summed E-state index contributed by atoms with van der Waals surface area (Å²) in [5.74, 6) is -0.244. The third-order valence-corrected chi connectivity index (χ3v) is 7.85. The van der Waals surface area contributed by atoms with Gasteiger partial charge in [0.2, 0.25) is 5.13 Å². The Morgan fingerprint density at radius 1 is 1.00 bits per heavy atom. The number of halogens is 2. The smallest absolute Gasteiger partial charge is 0.207 e. The van der Waals surface area contributed by atoms with Crippen LogP contribution in [0.1, 0.15) is 41.3 Å². The summed E-state index contributed by atoms with van der Waals surface area (Å²) < 4.78 is 13.8. The monoisotopic (exact) mass is 515 g/mol. The number of aryl methyl sites for hydroxylation is 2. The molecule has 0 unspecified atom stereocenters. The van der Waals surface area contributed by atoms with E-state index >= 15 is 0 Å². The first-order chi connectivity index (χ1) is 17.6. The number of aromatic nitrogens is 1. The van der Waals surface area contributed by atoms with Gasteiger partial charge in [-0.15, -0.1) is 10.2 Å². The summed E-state index contributed by atoms with van der Waals surface area (Å²) in [5, 5.41) is 13.1. The molecule has 5 nitrogen and oxygen atoms in total. The molecule has 0 spiro atoms. The van der Waals surface area contributed by atoms with Gasteiger partial charge in [0.1, 0.15) is 11.9 Å². The molecule has 0 amide bonds. The van der Waals surface area contributed by atoms with Gasteiger partial charge in [-0.2, -0.15) is 0 Å². The van der Waals surface area contributed by atoms with Crippen LogP contribution in [0.5, 0.6) is 0 Å². The van der Waals surface area contributed by atoms with Crippen molar-refractivity contribution in [1.29, 1.82) is 0 Å². The molecule has 1 aliphatic carbocycles. The van der Waals surface area contributed by atoms with Gasteiger partial charge in [0.15, 0.2) is 5.00 Å². The van der Waals surface area contributed by atoms with Crippen LogP contribution in [0, 0.1) is 12.7 Å². The van der Waals surface area contributed by atoms with E-state index in [0.29, 0.717) is 5.02 Å². The summed E-state index contributed by atoms with van der Waals surface area (Å²) >= 11 is 7.46. The predicted molar refractivity (Wildman–Crippen MR) is 144 cm³/mol. The van der Waals surface area contributed by atoms with E-state index < -0.39 is 0 Å². The first-order valence-corrected chi connectivity index (χ1v) is 13.0. The van der Waals surface area contributed by atoms with Gasteiger partial charge in [0, 0.05) is 10.6 Å². The lowest BCUT2D eigenvalue weighted by atomic mass is 9.94. The standard InChI is InChI=1S/C28H23ClFN5S/c1-17-27(33-32-22-15-11-20(29)12-16-22)36-28(31-17)35-26(19-9-13-21(30)14-10-19)24-8-4-6-18-5-2-3-7-23(18)25(24)34-35/h2-3,5,7,9-16,26,34H,4,6,8H2,1H3/t26-/m0/s1. The summed E-state index contributed by atoms with van der Waals surface area (Å²) in [4.78, 5) is 4.86. The molecule has 8 heteroatoms. The Bertz CT molecular complexity index is 1480. The fraction of sp³-hybridized carbons (Fsp3) is 0.179. The second-order valence-electron chi connectivity index (χ2n) is 8.91. The van der Waals surface area contributed by atoms with E-state index in [0.717, 1.165) is 52.0 Å². The van der Waals surface area contributed by atoms with E-state index in [4.69, 9.17) is 16.6 Å². The minimum Gasteiger partial charge on any atom is -0.295 e. The van der Waals surface area contributed by atoms with Crippen molar-refractivity contribution in [2.75, 3.05) is 5.01 Å². The van der Waals surface area contributed by atoms with Crippen molar-refractivity contribution in [2.45, 2.75) is 32.2 Å². The van der Waals surface area contributed by atoms with Gasteiger partial charge in [0.25, 0.3) is 0 Å². The van der Waals surface area contributed by atoms with Crippen molar-refractivity contribution in [3.8, 4) is 0 Å². The molecular weight excluding hydrogens is 493 g/mol. The molecule has 6 rings (SSSR count). The van der Waals surface area contributed by atoms with Gasteiger partial charge in [-0.1, -0.05) is 59.3 Å². The van der Waals surface area contributed by atoms with E-state index in [-0.39, 0.29) is 11.9 Å². The van der Waals surface area contributed by atoms with E-state index in [1.165, 1.54) is 40.2 Å². The molecule has 2 aliphatic rings. The maximum absolute atomic E-state index is 13.8. The summed E-state index contributed by atoms with van der Waals surface area (Å²) in [5.41, 5.74) is 11.2. The van der Waals surface area contributed by atoms with Crippen LogP contribution in [0.15, 0.2) is 88.6 Å². The number of thiazole rings is 1. The topological polar surface area (TPSA) is 52.9 Å². The molecule has 1 aromatic heterocycles. The zero-order chi connectivity index (χ0) is 24.6. The third-order valence-electron chi connectivity index (χ3n) is 6.56. The Hall–Kier alpha value is -3.55. The summed E-state index contributed by atoms with van der Waals surface area (Å²) in [6.45, 7) is 1.94. The Kier molecular flexibility index (Phi) is 6.03. The highest BCUT2D eigenvalue weighted by Gasteiger charge is 2.37. The zero-order valence-corrected chi connectivity index (χ0v) is 21.2. The Morgan fingerprint density at radius 2 is 1.78 bits per heavy atom. The highest BCUT2D eigenvalue weighted by Crippen LogP contribution is 2.47. The van der Waals surface area contributed by atoms with Crippen LogP contribution in [0.2, 0.25) is 5.02 Å². The second kappa shape index (κ2) is 9.48. The lowest BCUT2D eigenvalue weighted by Gasteiger charge is -2.27. The maximum Gasteiger partial charge on any atom is 0.207 e. The maximum atomic E-state index is 13.8. The van der Waals surface area contributed by atoms with Crippen LogP contribution in [0.25, 0.3) is 5.70 Å². The van der Waals surface area contributed by atoms with Crippen molar-refractivity contribution in [3.05, 3.63) is 112 Å². The van der Waals surface area contributed by atoms with Crippen LogP contribution < -0.4 is 10.4 Å². The number of azo groups is 1. The number of hydrazine groups is 1. The third kappa shape index (κ3) is 4.29. The molecule has 1 aliphatic heterocycles. The van der Waals surface area contributed by atoms with Crippen LogP contribution >= 0.6 is 22.9 Å². The molecule has 180 valence electrons. The average Bonchev–Trinajstić information content (AvgIpc) is 3.39. The number of fused-ring (bicyclic) bond motifs is 2. The van der Waals surface area contributed by atoms with E-state index in [2.05, 4.69) is 44.9 Å². The molecule has 36 heavy (non-hydrogen) atoms. The second-order valence-corrected chi connectivity index (χ2v) is 10.3. The number of anilines is 1. The lowest BCUT2D eigenvalue weighted by Crippen LogP contribution is -2.34. The first kappa shape index (κ1) is 22.9. The van der Waals surface area contributed by atoms with Crippen LogP contribution in [-0.4, -0.2) is 4.98 Å². The van der Waals surface area contributed by atoms with Gasteiger partial charge >= 0.3 is 0 Å². The van der Waals surface area contributed by atoms with Crippen molar-refractivity contribution < 1.29 is 4.39 Å². The molecule has 2 heterocycles. The molecule has 1 atom stereocenters. The molecular formula is C28H23ClFN5S. The van der Waals surface area contributed by atoms with Crippen molar-refractivity contribution in [1.82, 2.24) is 10.4 Å². The normalized spacial score (nSPS) is 17.2. The summed E-state index contributed by atoms with van der Waals surface area (Å²) in [6, 6.07) is 22.5. The van der Waals surface area contributed by atoms with Crippen LogP contribution in [0.4, 0.5) is 20.2 Å². The van der Waals surface area contributed by atoms with Crippen LogP contribution in [0.3, 0.4) is 0 Å². The Morgan fingerprint density at radius 3 is 2.58 bits per heavy atom. The number of nitrogens with zero attached hydrogens (tertiary/aromatic N) is 4. The van der Waals surface area contributed by atoms with E-state index in [1.54, 1.807) is 12.1 Å². The first-order valence-electron chi connectivity index (χ1n) is 11.8. The minimum absolute atomic E-state index is 0.0987. The predicted octanol–water partition coefficient (Wildman–Crippen LogP) is 8.47. The average molecular weight is 516 g/mol. The number of benzene rings is 3. The Labute approximate surface area is 218 Å². The van der Waals surface area contributed by atoms with Gasteiger partial charge in [-0.05, 0) is 79.3 Å². The van der Waals surface area contributed by atoms with Gasteiger partial charge in [-0.3, -0.25) is 5.43 Å². The van der Waals surface area contributed by atoms with E-state index in [9.17, 15) is 4.39 Å². The lowest BCUT2D eigenvalue weighted by molar-refractivity contribution is 0.623. The highest BCUT2D eigenvalue weighted by atomic mass is 35.5. The van der Waals surface area contributed by atoms with Gasteiger partial charge in [-0.25, -0.2) is 14.4 Å². The minimum atomic E-state index is -0.244. The molecule has 4 aromatic rings. The van der Waals surface area contributed by atoms with Crippen LogP contribution in [-0.2, 0) is 6.42 Å². The zero-order valence-electron chi connectivity index (χ0n) is 19.6. The van der Waals surface area contributed by atoms with Gasteiger partial charge < -0.3 is 0 Å². The summed E-state index contributed by atoms with van der Waals surface area (Å²) in [6.07, 6.45) is 3.04. The largest absolute Gasteiger partial charge is 0.295 e. The quantitative estimate of drug-likeness (QED) is 0.277. The fourth-order valence-corrected chi connectivity index (χ4v) is 5.84. The molecule has 3 aromatic carbocycles. The molecule has 0 radical (unpaired) electrons. The summed E-state index contributed by atoms with van der Waals surface area (Å²) in [7, 11) is 0. The molecule has 0 saturated carbocycles. The van der Waals surface area contributed by atoms with Crippen molar-refractivity contribution >= 4 is 44.5 Å². The van der Waals surface area contributed by atoms with Crippen molar-refractivity contribution in [3.63, 3.8) is 0 Å². The number of rotatable bonds is 4. The van der Waals surface area contributed by atoms with Crippen molar-refractivity contribution in [2.24, 2.45) is 10.2 Å². The SMILES string of the molecule is Cc1nc(N2NC3=C(CCCc4ccccc43)[C@@H]2c2ccc(F)cc2)sc1N=Nc1ccc(Cl)cc1. The highest BCUT2D eigenvalue weighted by molar-refractivity contribution is 7.19. The number of nitrogens with one attached hydrogen (secondary N) is 1. The Balaban J connectivity index is 1.40.